The van der Waals surface area contributed by atoms with Gasteiger partial charge in [-0.15, -0.1) is 0 Å². The second-order valence-corrected chi connectivity index (χ2v) is 7.66. The summed E-state index contributed by atoms with van der Waals surface area (Å²) < 4.78 is 0. The molecule has 0 spiro atoms. The minimum Gasteiger partial charge on any atom is -0.369 e. The van der Waals surface area contributed by atoms with E-state index in [1.165, 1.54) is 23.1 Å². The van der Waals surface area contributed by atoms with Crippen LogP contribution in [0.4, 0.5) is 0 Å². The molecule has 5 heteroatoms. The lowest BCUT2D eigenvalue weighted by Crippen LogP contribution is -2.41. The molecule has 1 aliphatic carbocycles. The van der Waals surface area contributed by atoms with Gasteiger partial charge < -0.3 is 15.6 Å². The number of likely N-dealkylation sites (tertiary alicyclic amines) is 1. The number of amides is 2. The summed E-state index contributed by atoms with van der Waals surface area (Å²) in [5, 5.41) is 1.19. The molecule has 3 N–H and O–H groups in total. The maximum Gasteiger partial charge on any atom is 0.253 e. The minimum absolute atomic E-state index is 0.0589. The predicted octanol–water partition coefficient (Wildman–Crippen LogP) is 2.63. The molecule has 2 aromatic rings. The first-order valence-corrected chi connectivity index (χ1v) is 9.25. The highest BCUT2D eigenvalue weighted by Gasteiger charge is 2.27. The Balaban J connectivity index is 1.58. The van der Waals surface area contributed by atoms with Crippen molar-refractivity contribution in [2.24, 2.45) is 17.6 Å². The highest BCUT2D eigenvalue weighted by molar-refractivity contribution is 5.99. The van der Waals surface area contributed by atoms with Crippen molar-refractivity contribution in [1.29, 1.82) is 0 Å². The second kappa shape index (κ2) is 6.21. The zero-order valence-corrected chi connectivity index (χ0v) is 14.7. The van der Waals surface area contributed by atoms with E-state index in [1.54, 1.807) is 0 Å². The fourth-order valence-corrected chi connectivity index (χ4v) is 4.27. The van der Waals surface area contributed by atoms with Crippen LogP contribution in [0.25, 0.3) is 10.9 Å². The summed E-state index contributed by atoms with van der Waals surface area (Å²) in [6.45, 7) is 3.50. The van der Waals surface area contributed by atoms with Gasteiger partial charge in [0.05, 0.1) is 0 Å². The first-order valence-electron chi connectivity index (χ1n) is 9.25. The van der Waals surface area contributed by atoms with E-state index in [-0.39, 0.29) is 17.7 Å². The van der Waals surface area contributed by atoms with Gasteiger partial charge in [0.15, 0.2) is 0 Å². The average molecular weight is 339 g/mol. The first kappa shape index (κ1) is 16.2. The van der Waals surface area contributed by atoms with Crippen molar-refractivity contribution >= 4 is 22.7 Å². The first-order chi connectivity index (χ1) is 12.0. The van der Waals surface area contributed by atoms with Crippen LogP contribution in [0.5, 0.6) is 0 Å². The average Bonchev–Trinajstić information content (AvgIpc) is 2.98. The number of fused-ring (bicyclic) bond motifs is 3. The van der Waals surface area contributed by atoms with Crippen molar-refractivity contribution in [3.63, 3.8) is 0 Å². The Morgan fingerprint density at radius 2 is 1.96 bits per heavy atom. The second-order valence-electron chi connectivity index (χ2n) is 7.66. The summed E-state index contributed by atoms with van der Waals surface area (Å²) in [7, 11) is 0. The third kappa shape index (κ3) is 2.92. The number of rotatable bonds is 2. The summed E-state index contributed by atoms with van der Waals surface area (Å²) >= 11 is 0. The molecule has 4 rings (SSSR count). The van der Waals surface area contributed by atoms with Crippen LogP contribution in [-0.4, -0.2) is 34.8 Å². The quantitative estimate of drug-likeness (QED) is 0.882. The van der Waals surface area contributed by atoms with Crippen LogP contribution in [-0.2, 0) is 17.6 Å². The highest BCUT2D eigenvalue weighted by atomic mass is 16.2. The molecule has 2 aliphatic rings. The van der Waals surface area contributed by atoms with Gasteiger partial charge in [0.1, 0.15) is 0 Å². The summed E-state index contributed by atoms with van der Waals surface area (Å²) in [5.41, 5.74) is 9.97. The fourth-order valence-electron chi connectivity index (χ4n) is 4.27. The molecule has 0 unspecified atom stereocenters. The Kier molecular flexibility index (Phi) is 4.02. The summed E-state index contributed by atoms with van der Waals surface area (Å²) in [6.07, 6.45) is 4.73. The number of aromatic amines is 1. The van der Waals surface area contributed by atoms with Crippen LogP contribution in [0, 0.1) is 11.8 Å². The number of benzene rings is 1. The third-order valence-electron chi connectivity index (χ3n) is 5.87. The van der Waals surface area contributed by atoms with Crippen LogP contribution < -0.4 is 5.73 Å². The van der Waals surface area contributed by atoms with Crippen molar-refractivity contribution < 1.29 is 9.59 Å². The molecule has 0 saturated carbocycles. The smallest absolute Gasteiger partial charge is 0.253 e. The highest BCUT2D eigenvalue weighted by Crippen LogP contribution is 2.32. The van der Waals surface area contributed by atoms with Gasteiger partial charge in [0, 0.05) is 41.2 Å². The van der Waals surface area contributed by atoms with Crippen LogP contribution in [0.2, 0.25) is 0 Å². The van der Waals surface area contributed by atoms with Gasteiger partial charge in [-0.05, 0) is 61.8 Å². The topological polar surface area (TPSA) is 79.2 Å². The zero-order chi connectivity index (χ0) is 17.6. The molecule has 2 heterocycles. The standard InChI is InChI=1S/C20H25N3O2/c1-12-2-4-17-15(10-12)16-11-14(3-5-18(16)22-17)20(25)23-8-6-13(7-9-23)19(21)24/h3,5,11-13,22H,2,4,6-10H2,1H3,(H2,21,24)/t12-/m1/s1. The molecule has 1 saturated heterocycles. The molecule has 5 nitrogen and oxygen atoms in total. The van der Waals surface area contributed by atoms with E-state index < -0.39 is 0 Å². The van der Waals surface area contributed by atoms with Crippen LogP contribution in [0.15, 0.2) is 18.2 Å². The van der Waals surface area contributed by atoms with E-state index in [4.69, 9.17) is 5.73 Å². The van der Waals surface area contributed by atoms with Gasteiger partial charge in [0.2, 0.25) is 5.91 Å². The molecule has 25 heavy (non-hydrogen) atoms. The Morgan fingerprint density at radius 1 is 1.20 bits per heavy atom. The lowest BCUT2D eigenvalue weighted by atomic mass is 9.87. The summed E-state index contributed by atoms with van der Waals surface area (Å²) in [5.74, 6) is 0.411. The van der Waals surface area contributed by atoms with Crippen molar-refractivity contribution in [1.82, 2.24) is 9.88 Å². The third-order valence-corrected chi connectivity index (χ3v) is 5.87. The number of piperidine rings is 1. The largest absolute Gasteiger partial charge is 0.369 e. The van der Waals surface area contributed by atoms with Crippen LogP contribution in [0.1, 0.15) is 47.8 Å². The Morgan fingerprint density at radius 3 is 2.68 bits per heavy atom. The number of carbonyl (C=O) groups excluding carboxylic acids is 2. The molecule has 2 amide bonds. The number of aryl methyl sites for hydroxylation is 1. The van der Waals surface area contributed by atoms with Gasteiger partial charge in [-0.3, -0.25) is 9.59 Å². The maximum absolute atomic E-state index is 12.9. The van der Waals surface area contributed by atoms with E-state index in [2.05, 4.69) is 11.9 Å². The Labute approximate surface area is 147 Å². The summed E-state index contributed by atoms with van der Waals surface area (Å²) in [6, 6.07) is 5.99. The van der Waals surface area contributed by atoms with Gasteiger partial charge in [-0.25, -0.2) is 0 Å². The lowest BCUT2D eigenvalue weighted by molar-refractivity contribution is -0.123. The predicted molar refractivity (Wildman–Crippen MR) is 97.3 cm³/mol. The van der Waals surface area contributed by atoms with E-state index in [0.29, 0.717) is 31.8 Å². The van der Waals surface area contributed by atoms with Gasteiger partial charge in [-0.2, -0.15) is 0 Å². The van der Waals surface area contributed by atoms with Crippen LogP contribution >= 0.6 is 0 Å². The van der Waals surface area contributed by atoms with Crippen LogP contribution in [0.3, 0.4) is 0 Å². The fraction of sp³-hybridized carbons (Fsp3) is 0.500. The molecular formula is C20H25N3O2. The molecule has 0 bridgehead atoms. The molecular weight excluding hydrogens is 314 g/mol. The van der Waals surface area contributed by atoms with E-state index >= 15 is 0 Å². The SMILES string of the molecule is C[C@@H]1CCc2[nH]c3ccc(C(=O)N4CCC(C(N)=O)CC4)cc3c2C1. The van der Waals surface area contributed by atoms with Gasteiger partial charge in [0.25, 0.3) is 5.91 Å². The number of nitrogens with two attached hydrogens (primary N) is 1. The number of H-pyrrole nitrogens is 1. The van der Waals surface area contributed by atoms with Gasteiger partial charge in [-0.1, -0.05) is 6.92 Å². The maximum atomic E-state index is 12.9. The monoisotopic (exact) mass is 339 g/mol. The number of hydrogen-bond donors (Lipinski definition) is 2. The molecule has 1 aromatic carbocycles. The lowest BCUT2D eigenvalue weighted by Gasteiger charge is -2.30. The van der Waals surface area contributed by atoms with E-state index in [1.807, 2.05) is 23.1 Å². The Bertz CT molecular complexity index is 831. The van der Waals surface area contributed by atoms with E-state index in [9.17, 15) is 9.59 Å². The Hall–Kier alpha value is -2.30. The molecule has 1 aliphatic heterocycles. The minimum atomic E-state index is -0.249. The molecule has 132 valence electrons. The molecule has 0 radical (unpaired) electrons. The van der Waals surface area contributed by atoms with Crippen molar-refractivity contribution in [2.75, 3.05) is 13.1 Å². The number of hydrogen-bond acceptors (Lipinski definition) is 2. The summed E-state index contributed by atoms with van der Waals surface area (Å²) in [4.78, 5) is 29.5. The number of nitrogens with one attached hydrogen (secondary N) is 1. The van der Waals surface area contributed by atoms with E-state index in [0.717, 1.165) is 23.9 Å². The van der Waals surface area contributed by atoms with Crippen molar-refractivity contribution in [3.8, 4) is 0 Å². The normalized spacial score (nSPS) is 21.3. The number of aromatic nitrogens is 1. The van der Waals surface area contributed by atoms with Crippen molar-refractivity contribution in [3.05, 3.63) is 35.0 Å². The number of primary amides is 1. The zero-order valence-electron chi connectivity index (χ0n) is 14.7. The molecule has 1 aromatic heterocycles. The van der Waals surface area contributed by atoms with Gasteiger partial charge >= 0.3 is 0 Å². The number of carbonyl (C=O) groups is 2. The molecule has 1 fully saturated rings. The molecule has 1 atom stereocenters. The van der Waals surface area contributed by atoms with Crippen molar-refractivity contribution in [2.45, 2.75) is 39.0 Å². The number of nitrogens with zero attached hydrogens (tertiary/aromatic N) is 1.